The predicted octanol–water partition coefficient (Wildman–Crippen LogP) is 2.80. The molecule has 0 saturated carbocycles. The first-order valence-corrected chi connectivity index (χ1v) is 7.13. The maximum atomic E-state index is 12.5. The number of ketones is 1. The second kappa shape index (κ2) is 4.88. The van der Waals surface area contributed by atoms with Crippen molar-refractivity contribution in [1.82, 2.24) is 5.32 Å². The molecule has 98 valence electrons. The lowest BCUT2D eigenvalue weighted by Gasteiger charge is -2.35. The molecule has 0 spiro atoms. The summed E-state index contributed by atoms with van der Waals surface area (Å²) in [6.45, 7) is 3.31. The summed E-state index contributed by atoms with van der Waals surface area (Å²) in [5.74, 6) is 2.12. The number of carbonyl (C=O) groups is 1. The van der Waals surface area contributed by atoms with Gasteiger partial charge in [-0.2, -0.15) is 0 Å². The molecular formula is C15H21NO2. The zero-order valence-electron chi connectivity index (χ0n) is 10.9. The molecule has 3 rings (SSSR count). The van der Waals surface area contributed by atoms with Crippen molar-refractivity contribution in [2.75, 3.05) is 6.54 Å². The molecule has 0 amide bonds. The number of hydrogen-bond donors (Lipinski definition) is 1. The molecule has 1 aromatic heterocycles. The normalized spacial score (nSPS) is 32.3. The molecule has 1 aromatic rings. The summed E-state index contributed by atoms with van der Waals surface area (Å²) in [5.41, 5.74) is 0.826. The van der Waals surface area contributed by atoms with Gasteiger partial charge in [0.25, 0.3) is 0 Å². The van der Waals surface area contributed by atoms with Gasteiger partial charge in [-0.15, -0.1) is 0 Å². The fraction of sp³-hybridized carbons (Fsp3) is 0.667. The summed E-state index contributed by atoms with van der Waals surface area (Å²) in [6, 6.07) is 2.21. The van der Waals surface area contributed by atoms with Crippen LogP contribution in [0, 0.1) is 11.8 Å². The van der Waals surface area contributed by atoms with Crippen LogP contribution in [0.1, 0.15) is 48.7 Å². The Bertz CT molecular complexity index is 437. The molecule has 0 aromatic carbocycles. The number of piperidine rings is 1. The van der Waals surface area contributed by atoms with Crippen LogP contribution < -0.4 is 5.32 Å². The van der Waals surface area contributed by atoms with Gasteiger partial charge in [-0.1, -0.05) is 13.3 Å². The third-order valence-corrected chi connectivity index (χ3v) is 4.64. The van der Waals surface area contributed by atoms with Gasteiger partial charge in [-0.3, -0.25) is 4.79 Å². The van der Waals surface area contributed by atoms with E-state index < -0.39 is 0 Å². The molecule has 2 heterocycles. The monoisotopic (exact) mass is 247 g/mol. The highest BCUT2D eigenvalue weighted by Gasteiger charge is 2.36. The molecule has 18 heavy (non-hydrogen) atoms. The van der Waals surface area contributed by atoms with Crippen LogP contribution in [0.5, 0.6) is 0 Å². The van der Waals surface area contributed by atoms with Crippen molar-refractivity contribution in [3.63, 3.8) is 0 Å². The third-order valence-electron chi connectivity index (χ3n) is 4.64. The standard InChI is InChI=1S/C15H21NO2/c1-2-10-5-7-16-13(9-10)11-3-4-14-12(15(11)17)6-8-18-14/h6,8,10-11,13,16H,2-5,7,9H2,1H3. The van der Waals surface area contributed by atoms with Crippen LogP contribution >= 0.6 is 0 Å². The van der Waals surface area contributed by atoms with Gasteiger partial charge in [0.1, 0.15) is 5.76 Å². The van der Waals surface area contributed by atoms with Crippen LogP contribution in [-0.2, 0) is 6.42 Å². The third kappa shape index (κ3) is 2.01. The smallest absolute Gasteiger partial charge is 0.171 e. The van der Waals surface area contributed by atoms with Gasteiger partial charge >= 0.3 is 0 Å². The lowest BCUT2D eigenvalue weighted by Crippen LogP contribution is -2.46. The molecule has 3 heteroatoms. The van der Waals surface area contributed by atoms with Crippen LogP contribution in [0.2, 0.25) is 0 Å². The van der Waals surface area contributed by atoms with E-state index in [1.807, 2.05) is 6.07 Å². The van der Waals surface area contributed by atoms with E-state index in [2.05, 4.69) is 12.2 Å². The van der Waals surface area contributed by atoms with Crippen molar-refractivity contribution < 1.29 is 9.21 Å². The van der Waals surface area contributed by atoms with E-state index in [0.717, 1.165) is 43.0 Å². The topological polar surface area (TPSA) is 42.2 Å². The maximum absolute atomic E-state index is 12.5. The van der Waals surface area contributed by atoms with Gasteiger partial charge in [-0.25, -0.2) is 0 Å². The van der Waals surface area contributed by atoms with E-state index in [1.165, 1.54) is 12.8 Å². The average Bonchev–Trinajstić information content (AvgIpc) is 2.88. The number of aryl methyl sites for hydroxylation is 1. The molecule has 2 aliphatic rings. The number of fused-ring (bicyclic) bond motifs is 1. The number of furan rings is 1. The Kier molecular flexibility index (Phi) is 3.25. The van der Waals surface area contributed by atoms with Gasteiger partial charge in [0, 0.05) is 18.4 Å². The van der Waals surface area contributed by atoms with Crippen molar-refractivity contribution >= 4 is 5.78 Å². The zero-order valence-corrected chi connectivity index (χ0v) is 10.9. The predicted molar refractivity (Wildman–Crippen MR) is 69.7 cm³/mol. The maximum Gasteiger partial charge on any atom is 0.171 e. The molecule has 1 aliphatic heterocycles. The molecule has 1 saturated heterocycles. The fourth-order valence-electron chi connectivity index (χ4n) is 3.47. The molecule has 3 atom stereocenters. The molecule has 3 unspecified atom stereocenters. The Labute approximate surface area is 108 Å². The van der Waals surface area contributed by atoms with Gasteiger partial charge in [0.05, 0.1) is 11.8 Å². The van der Waals surface area contributed by atoms with E-state index in [-0.39, 0.29) is 5.92 Å². The zero-order chi connectivity index (χ0) is 12.5. The Morgan fingerprint density at radius 1 is 1.44 bits per heavy atom. The molecular weight excluding hydrogens is 226 g/mol. The number of rotatable bonds is 2. The summed E-state index contributed by atoms with van der Waals surface area (Å²) in [5, 5.41) is 3.56. The minimum Gasteiger partial charge on any atom is -0.469 e. The molecule has 0 radical (unpaired) electrons. The number of nitrogens with one attached hydrogen (secondary N) is 1. The van der Waals surface area contributed by atoms with Crippen molar-refractivity contribution in [2.24, 2.45) is 11.8 Å². The van der Waals surface area contributed by atoms with Crippen molar-refractivity contribution in [3.8, 4) is 0 Å². The van der Waals surface area contributed by atoms with Crippen LogP contribution in [0.25, 0.3) is 0 Å². The van der Waals surface area contributed by atoms with Crippen LogP contribution in [-0.4, -0.2) is 18.4 Å². The van der Waals surface area contributed by atoms with Gasteiger partial charge in [-0.05, 0) is 37.8 Å². The molecule has 1 N–H and O–H groups in total. The second-order valence-electron chi connectivity index (χ2n) is 5.63. The van der Waals surface area contributed by atoms with E-state index >= 15 is 0 Å². The Morgan fingerprint density at radius 2 is 2.33 bits per heavy atom. The van der Waals surface area contributed by atoms with E-state index in [9.17, 15) is 4.79 Å². The molecule has 1 aliphatic carbocycles. The molecule has 1 fully saturated rings. The Balaban J connectivity index is 1.76. The van der Waals surface area contributed by atoms with Crippen molar-refractivity contribution in [1.29, 1.82) is 0 Å². The molecule has 3 nitrogen and oxygen atoms in total. The highest BCUT2D eigenvalue weighted by atomic mass is 16.3. The highest BCUT2D eigenvalue weighted by Crippen LogP contribution is 2.32. The Hall–Kier alpha value is -1.09. The van der Waals surface area contributed by atoms with Crippen molar-refractivity contribution in [2.45, 2.75) is 45.1 Å². The first-order chi connectivity index (χ1) is 8.79. The summed E-state index contributed by atoms with van der Waals surface area (Å²) >= 11 is 0. The van der Waals surface area contributed by atoms with E-state index in [1.54, 1.807) is 6.26 Å². The lowest BCUT2D eigenvalue weighted by atomic mass is 9.76. The summed E-state index contributed by atoms with van der Waals surface area (Å²) in [7, 11) is 0. The summed E-state index contributed by atoms with van der Waals surface area (Å²) in [4.78, 5) is 12.5. The first-order valence-electron chi connectivity index (χ1n) is 7.13. The quantitative estimate of drug-likeness (QED) is 0.873. The van der Waals surface area contributed by atoms with E-state index in [0.29, 0.717) is 11.8 Å². The minimum absolute atomic E-state index is 0.157. The minimum atomic E-state index is 0.157. The summed E-state index contributed by atoms with van der Waals surface area (Å²) in [6.07, 6.45) is 7.14. The highest BCUT2D eigenvalue weighted by molar-refractivity contribution is 6.00. The number of Topliss-reactive ketones (excluding diaryl/α,β-unsaturated/α-hetero) is 1. The van der Waals surface area contributed by atoms with Crippen molar-refractivity contribution in [3.05, 3.63) is 23.7 Å². The number of carbonyl (C=O) groups excluding carboxylic acids is 1. The largest absolute Gasteiger partial charge is 0.469 e. The van der Waals surface area contributed by atoms with Crippen LogP contribution in [0.3, 0.4) is 0 Å². The van der Waals surface area contributed by atoms with Crippen LogP contribution in [0.4, 0.5) is 0 Å². The average molecular weight is 247 g/mol. The second-order valence-corrected chi connectivity index (χ2v) is 5.63. The van der Waals surface area contributed by atoms with E-state index in [4.69, 9.17) is 4.42 Å². The number of hydrogen-bond acceptors (Lipinski definition) is 3. The van der Waals surface area contributed by atoms with Crippen LogP contribution in [0.15, 0.2) is 16.7 Å². The SMILES string of the molecule is CCC1CCNC(C2CCc3occc3C2=O)C1. The fourth-order valence-corrected chi connectivity index (χ4v) is 3.47. The lowest BCUT2D eigenvalue weighted by molar-refractivity contribution is 0.0833. The first kappa shape index (κ1) is 12.0. The Morgan fingerprint density at radius 3 is 3.17 bits per heavy atom. The van der Waals surface area contributed by atoms with Gasteiger partial charge in [0.15, 0.2) is 5.78 Å². The molecule has 0 bridgehead atoms. The van der Waals surface area contributed by atoms with Gasteiger partial charge in [0.2, 0.25) is 0 Å². The van der Waals surface area contributed by atoms with Gasteiger partial charge < -0.3 is 9.73 Å². The summed E-state index contributed by atoms with van der Waals surface area (Å²) < 4.78 is 5.36.